The standard InChI is InChI=1S/C14H21NO2S/c1-4-15-14-12-8-6-5-7-11(12)10(2)9-13(14)18(3,16)17/h5-8,10,13-15H,4,9H2,1-3H3. The highest BCUT2D eigenvalue weighted by molar-refractivity contribution is 7.91. The number of rotatable bonds is 3. The number of hydrogen-bond acceptors (Lipinski definition) is 3. The first-order valence-corrected chi connectivity index (χ1v) is 8.41. The van der Waals surface area contributed by atoms with Gasteiger partial charge in [-0.15, -0.1) is 0 Å². The highest BCUT2D eigenvalue weighted by atomic mass is 32.2. The summed E-state index contributed by atoms with van der Waals surface area (Å²) in [6.45, 7) is 4.90. The van der Waals surface area contributed by atoms with Gasteiger partial charge in [0.25, 0.3) is 0 Å². The number of hydrogen-bond donors (Lipinski definition) is 1. The van der Waals surface area contributed by atoms with Crippen molar-refractivity contribution in [1.29, 1.82) is 0 Å². The molecule has 1 aliphatic rings. The van der Waals surface area contributed by atoms with Crippen LogP contribution in [0, 0.1) is 0 Å². The Labute approximate surface area is 110 Å². The maximum atomic E-state index is 12.0. The molecule has 0 spiro atoms. The Hall–Kier alpha value is -0.870. The Morgan fingerprint density at radius 2 is 1.89 bits per heavy atom. The lowest BCUT2D eigenvalue weighted by molar-refractivity contribution is 0.433. The molecule has 100 valence electrons. The van der Waals surface area contributed by atoms with Crippen molar-refractivity contribution >= 4 is 9.84 Å². The quantitative estimate of drug-likeness (QED) is 0.913. The topological polar surface area (TPSA) is 46.2 Å². The van der Waals surface area contributed by atoms with Gasteiger partial charge in [-0.1, -0.05) is 38.1 Å². The van der Waals surface area contributed by atoms with Crippen LogP contribution in [0.15, 0.2) is 24.3 Å². The molecule has 3 atom stereocenters. The fourth-order valence-electron chi connectivity index (χ4n) is 2.94. The Morgan fingerprint density at radius 1 is 1.28 bits per heavy atom. The van der Waals surface area contributed by atoms with Crippen LogP contribution in [-0.2, 0) is 9.84 Å². The van der Waals surface area contributed by atoms with E-state index >= 15 is 0 Å². The van der Waals surface area contributed by atoms with Crippen molar-refractivity contribution in [3.8, 4) is 0 Å². The van der Waals surface area contributed by atoms with E-state index in [0.717, 1.165) is 12.1 Å². The molecule has 0 radical (unpaired) electrons. The summed E-state index contributed by atoms with van der Waals surface area (Å²) in [7, 11) is -3.04. The van der Waals surface area contributed by atoms with Crippen molar-refractivity contribution < 1.29 is 8.42 Å². The third-order valence-corrected chi connectivity index (χ3v) is 5.36. The molecule has 3 unspecified atom stereocenters. The van der Waals surface area contributed by atoms with Crippen LogP contribution >= 0.6 is 0 Å². The fourth-order valence-corrected chi connectivity index (χ4v) is 4.31. The Kier molecular flexibility index (Phi) is 3.78. The zero-order valence-electron chi connectivity index (χ0n) is 11.2. The van der Waals surface area contributed by atoms with E-state index in [4.69, 9.17) is 0 Å². The first kappa shape index (κ1) is 13.6. The molecule has 0 saturated heterocycles. The van der Waals surface area contributed by atoms with E-state index in [1.807, 2.05) is 19.1 Å². The number of sulfone groups is 1. The zero-order chi connectivity index (χ0) is 13.3. The monoisotopic (exact) mass is 267 g/mol. The lowest BCUT2D eigenvalue weighted by atomic mass is 9.80. The van der Waals surface area contributed by atoms with Crippen LogP contribution in [0.1, 0.15) is 43.4 Å². The zero-order valence-corrected chi connectivity index (χ0v) is 12.0. The second-order valence-corrected chi connectivity index (χ2v) is 7.43. The van der Waals surface area contributed by atoms with Gasteiger partial charge in [-0.25, -0.2) is 8.42 Å². The average Bonchev–Trinajstić information content (AvgIpc) is 2.31. The predicted octanol–water partition coefficient (Wildman–Crippen LogP) is 2.26. The molecule has 3 nitrogen and oxygen atoms in total. The Bertz CT molecular complexity index is 524. The maximum Gasteiger partial charge on any atom is 0.152 e. The summed E-state index contributed by atoms with van der Waals surface area (Å²) in [4.78, 5) is 0. The predicted molar refractivity (Wildman–Crippen MR) is 74.5 cm³/mol. The summed E-state index contributed by atoms with van der Waals surface area (Å²) in [5.74, 6) is 0.302. The maximum absolute atomic E-state index is 12.0. The van der Waals surface area contributed by atoms with Crippen LogP contribution < -0.4 is 5.32 Å². The SMILES string of the molecule is CCNC1c2ccccc2C(C)CC1S(C)(=O)=O. The summed E-state index contributed by atoms with van der Waals surface area (Å²) in [6, 6.07) is 8.11. The van der Waals surface area contributed by atoms with E-state index in [1.165, 1.54) is 11.8 Å². The summed E-state index contributed by atoms with van der Waals surface area (Å²) >= 11 is 0. The summed E-state index contributed by atoms with van der Waals surface area (Å²) in [5, 5.41) is 3.02. The van der Waals surface area contributed by atoms with Crippen molar-refractivity contribution in [1.82, 2.24) is 5.32 Å². The second-order valence-electron chi connectivity index (χ2n) is 5.17. The van der Waals surface area contributed by atoms with Crippen LogP contribution in [0.2, 0.25) is 0 Å². The molecular formula is C14H21NO2S. The molecule has 1 aromatic rings. The van der Waals surface area contributed by atoms with Gasteiger partial charge in [-0.05, 0) is 30.0 Å². The molecule has 0 saturated carbocycles. The van der Waals surface area contributed by atoms with E-state index in [9.17, 15) is 8.42 Å². The Balaban J connectivity index is 2.50. The Morgan fingerprint density at radius 3 is 2.44 bits per heavy atom. The molecule has 1 aromatic carbocycles. The molecule has 2 rings (SSSR count). The summed E-state index contributed by atoms with van der Waals surface area (Å²) in [5.41, 5.74) is 2.43. The lowest BCUT2D eigenvalue weighted by Crippen LogP contribution is -2.41. The van der Waals surface area contributed by atoms with E-state index in [1.54, 1.807) is 0 Å². The minimum absolute atomic E-state index is 0.0719. The van der Waals surface area contributed by atoms with Gasteiger partial charge in [0.15, 0.2) is 9.84 Å². The van der Waals surface area contributed by atoms with Gasteiger partial charge in [0.05, 0.1) is 5.25 Å². The minimum Gasteiger partial charge on any atom is -0.309 e. The summed E-state index contributed by atoms with van der Waals surface area (Å²) < 4.78 is 24.0. The van der Waals surface area contributed by atoms with Gasteiger partial charge < -0.3 is 5.32 Å². The third kappa shape index (κ3) is 2.45. The number of benzene rings is 1. The van der Waals surface area contributed by atoms with Gasteiger partial charge in [0.1, 0.15) is 0 Å². The van der Waals surface area contributed by atoms with Gasteiger partial charge in [0.2, 0.25) is 0 Å². The largest absolute Gasteiger partial charge is 0.309 e. The van der Waals surface area contributed by atoms with Gasteiger partial charge >= 0.3 is 0 Å². The van der Waals surface area contributed by atoms with Crippen molar-refractivity contribution in [2.24, 2.45) is 0 Å². The molecule has 0 aliphatic heterocycles. The minimum atomic E-state index is -3.04. The smallest absolute Gasteiger partial charge is 0.152 e. The van der Waals surface area contributed by atoms with Crippen LogP contribution in [0.5, 0.6) is 0 Å². The molecule has 0 bridgehead atoms. The molecule has 0 aromatic heterocycles. The van der Waals surface area contributed by atoms with E-state index in [-0.39, 0.29) is 11.3 Å². The van der Waals surface area contributed by atoms with Gasteiger partial charge in [-0.3, -0.25) is 0 Å². The van der Waals surface area contributed by atoms with Crippen LogP contribution in [0.25, 0.3) is 0 Å². The molecule has 4 heteroatoms. The molecule has 0 fully saturated rings. The molecule has 18 heavy (non-hydrogen) atoms. The fraction of sp³-hybridized carbons (Fsp3) is 0.571. The summed E-state index contributed by atoms with van der Waals surface area (Å²) in [6.07, 6.45) is 2.05. The van der Waals surface area contributed by atoms with Crippen LogP contribution in [0.3, 0.4) is 0 Å². The van der Waals surface area contributed by atoms with E-state index < -0.39 is 9.84 Å². The highest BCUT2D eigenvalue weighted by Crippen LogP contribution is 2.40. The normalized spacial score (nSPS) is 27.8. The number of nitrogens with one attached hydrogen (secondary N) is 1. The first-order chi connectivity index (χ1) is 8.45. The van der Waals surface area contributed by atoms with Crippen molar-refractivity contribution in [2.45, 2.75) is 37.5 Å². The van der Waals surface area contributed by atoms with Crippen molar-refractivity contribution in [2.75, 3.05) is 12.8 Å². The third-order valence-electron chi connectivity index (χ3n) is 3.79. The van der Waals surface area contributed by atoms with Crippen LogP contribution in [-0.4, -0.2) is 26.5 Å². The highest BCUT2D eigenvalue weighted by Gasteiger charge is 2.38. The lowest BCUT2D eigenvalue weighted by Gasteiger charge is -2.36. The number of fused-ring (bicyclic) bond motifs is 1. The van der Waals surface area contributed by atoms with Gasteiger partial charge in [-0.2, -0.15) is 0 Å². The van der Waals surface area contributed by atoms with Gasteiger partial charge in [0, 0.05) is 12.3 Å². The molecule has 0 amide bonds. The molecular weight excluding hydrogens is 246 g/mol. The molecule has 1 aliphatic carbocycles. The second kappa shape index (κ2) is 5.02. The van der Waals surface area contributed by atoms with Crippen molar-refractivity contribution in [3.63, 3.8) is 0 Å². The first-order valence-electron chi connectivity index (χ1n) is 6.46. The average molecular weight is 267 g/mol. The van der Waals surface area contributed by atoms with E-state index in [2.05, 4.69) is 24.4 Å². The molecule has 1 N–H and O–H groups in total. The molecule has 0 heterocycles. The van der Waals surface area contributed by atoms with Crippen molar-refractivity contribution in [3.05, 3.63) is 35.4 Å². The van der Waals surface area contributed by atoms with Crippen LogP contribution in [0.4, 0.5) is 0 Å². The van der Waals surface area contributed by atoms with E-state index in [0.29, 0.717) is 12.3 Å².